The number of piperidine rings is 1. The van der Waals surface area contributed by atoms with Crippen LogP contribution in [0.15, 0.2) is 0 Å². The Morgan fingerprint density at radius 1 is 1.00 bits per heavy atom. The molecule has 21 heavy (non-hydrogen) atoms. The van der Waals surface area contributed by atoms with E-state index in [0.29, 0.717) is 24.3 Å². The lowest BCUT2D eigenvalue weighted by Crippen LogP contribution is -2.52. The Kier molecular flexibility index (Phi) is 4.23. The summed E-state index contributed by atoms with van der Waals surface area (Å²) in [5.41, 5.74) is 0. The summed E-state index contributed by atoms with van der Waals surface area (Å²) in [6.45, 7) is 2.92. The minimum Gasteiger partial charge on any atom is -0.481 e. The van der Waals surface area contributed by atoms with Crippen molar-refractivity contribution in [3.63, 3.8) is 0 Å². The lowest BCUT2D eigenvalue weighted by molar-refractivity contribution is -0.152. The third-order valence-electron chi connectivity index (χ3n) is 5.96. The molecule has 1 amide bonds. The Morgan fingerprint density at radius 2 is 1.67 bits per heavy atom. The number of carbonyl (C=O) groups excluding carboxylic acids is 1. The van der Waals surface area contributed by atoms with Crippen molar-refractivity contribution in [3.8, 4) is 0 Å². The van der Waals surface area contributed by atoms with E-state index in [1.165, 1.54) is 25.7 Å². The quantitative estimate of drug-likeness (QED) is 0.851. The first-order valence-electron chi connectivity index (χ1n) is 8.61. The van der Waals surface area contributed by atoms with Crippen LogP contribution in [0, 0.1) is 23.7 Å². The second-order valence-electron chi connectivity index (χ2n) is 7.41. The van der Waals surface area contributed by atoms with E-state index in [1.54, 1.807) is 0 Å². The van der Waals surface area contributed by atoms with Gasteiger partial charge in [0.25, 0.3) is 0 Å². The molecule has 118 valence electrons. The largest absolute Gasteiger partial charge is 0.481 e. The Hall–Kier alpha value is -1.06. The number of hydrogen-bond donors (Lipinski definition) is 1. The molecule has 1 saturated heterocycles. The molecule has 0 aromatic rings. The Labute approximate surface area is 126 Å². The molecule has 2 saturated carbocycles. The molecule has 0 aromatic carbocycles. The van der Waals surface area contributed by atoms with E-state index < -0.39 is 11.9 Å². The SMILES string of the molecule is CC1C[C@H](C(=O)N2CCCC3CCCCC32)[C@H](C(=O)O)C1. The van der Waals surface area contributed by atoms with Crippen molar-refractivity contribution in [1.29, 1.82) is 0 Å². The minimum absolute atomic E-state index is 0.142. The van der Waals surface area contributed by atoms with E-state index in [0.717, 1.165) is 25.8 Å². The summed E-state index contributed by atoms with van der Waals surface area (Å²) in [6.07, 6.45) is 8.63. The van der Waals surface area contributed by atoms with Crippen LogP contribution in [0.3, 0.4) is 0 Å². The highest BCUT2D eigenvalue weighted by molar-refractivity contribution is 5.85. The van der Waals surface area contributed by atoms with Crippen LogP contribution in [0.5, 0.6) is 0 Å². The molecule has 0 radical (unpaired) electrons. The molecule has 0 spiro atoms. The average Bonchev–Trinajstić information content (AvgIpc) is 2.88. The van der Waals surface area contributed by atoms with Gasteiger partial charge >= 0.3 is 5.97 Å². The van der Waals surface area contributed by atoms with Gasteiger partial charge in [0.1, 0.15) is 0 Å². The summed E-state index contributed by atoms with van der Waals surface area (Å²) in [6, 6.07) is 0.394. The third-order valence-corrected chi connectivity index (χ3v) is 5.96. The number of carbonyl (C=O) groups is 2. The van der Waals surface area contributed by atoms with E-state index in [2.05, 4.69) is 11.8 Å². The molecular weight excluding hydrogens is 266 g/mol. The summed E-state index contributed by atoms with van der Waals surface area (Å²) in [4.78, 5) is 26.5. The number of fused-ring (bicyclic) bond motifs is 1. The van der Waals surface area contributed by atoms with E-state index in [-0.39, 0.29) is 11.8 Å². The van der Waals surface area contributed by atoms with Gasteiger partial charge in [0.2, 0.25) is 5.91 Å². The third kappa shape index (κ3) is 2.82. The van der Waals surface area contributed by atoms with Crippen molar-refractivity contribution in [2.24, 2.45) is 23.7 Å². The maximum atomic E-state index is 13.0. The molecule has 3 unspecified atom stereocenters. The van der Waals surface area contributed by atoms with Gasteiger partial charge < -0.3 is 10.0 Å². The van der Waals surface area contributed by atoms with Crippen LogP contribution in [-0.2, 0) is 9.59 Å². The minimum atomic E-state index is -0.782. The summed E-state index contributed by atoms with van der Waals surface area (Å²) in [5.74, 6) is -0.363. The zero-order valence-electron chi connectivity index (χ0n) is 13.0. The maximum absolute atomic E-state index is 13.0. The zero-order chi connectivity index (χ0) is 15.0. The van der Waals surface area contributed by atoms with Gasteiger partial charge in [-0.3, -0.25) is 9.59 Å². The van der Waals surface area contributed by atoms with E-state index >= 15 is 0 Å². The Morgan fingerprint density at radius 3 is 2.43 bits per heavy atom. The molecule has 5 atom stereocenters. The molecule has 4 nitrogen and oxygen atoms in total. The van der Waals surface area contributed by atoms with Crippen molar-refractivity contribution in [2.45, 2.75) is 64.3 Å². The molecule has 3 fully saturated rings. The highest BCUT2D eigenvalue weighted by atomic mass is 16.4. The average molecular weight is 293 g/mol. The molecule has 3 rings (SSSR count). The number of rotatable bonds is 2. The van der Waals surface area contributed by atoms with Crippen LogP contribution in [0.2, 0.25) is 0 Å². The van der Waals surface area contributed by atoms with Gasteiger partial charge in [-0.25, -0.2) is 0 Å². The smallest absolute Gasteiger partial charge is 0.307 e. The molecule has 3 aliphatic rings. The van der Waals surface area contributed by atoms with Gasteiger partial charge in [0, 0.05) is 12.6 Å². The number of nitrogens with zero attached hydrogens (tertiary/aromatic N) is 1. The van der Waals surface area contributed by atoms with Crippen molar-refractivity contribution < 1.29 is 14.7 Å². The summed E-state index contributed by atoms with van der Waals surface area (Å²) < 4.78 is 0. The zero-order valence-corrected chi connectivity index (χ0v) is 13.0. The van der Waals surface area contributed by atoms with Gasteiger partial charge in [0.05, 0.1) is 11.8 Å². The summed E-state index contributed by atoms with van der Waals surface area (Å²) >= 11 is 0. The van der Waals surface area contributed by atoms with Crippen LogP contribution in [0.4, 0.5) is 0 Å². The first-order chi connectivity index (χ1) is 10.1. The predicted molar refractivity (Wildman–Crippen MR) is 79.7 cm³/mol. The maximum Gasteiger partial charge on any atom is 0.307 e. The first kappa shape index (κ1) is 14.9. The summed E-state index contributed by atoms with van der Waals surface area (Å²) in [5, 5.41) is 9.41. The number of amides is 1. The van der Waals surface area contributed by atoms with Crippen molar-refractivity contribution in [3.05, 3.63) is 0 Å². The number of hydrogen-bond acceptors (Lipinski definition) is 2. The van der Waals surface area contributed by atoms with E-state index in [9.17, 15) is 14.7 Å². The molecule has 0 aromatic heterocycles. The highest BCUT2D eigenvalue weighted by Crippen LogP contribution is 2.41. The topological polar surface area (TPSA) is 57.6 Å². The van der Waals surface area contributed by atoms with Crippen molar-refractivity contribution >= 4 is 11.9 Å². The fraction of sp³-hybridized carbons (Fsp3) is 0.882. The highest BCUT2D eigenvalue weighted by Gasteiger charge is 2.45. The van der Waals surface area contributed by atoms with Crippen LogP contribution in [0.25, 0.3) is 0 Å². The second-order valence-corrected chi connectivity index (χ2v) is 7.41. The van der Waals surface area contributed by atoms with Crippen molar-refractivity contribution in [1.82, 2.24) is 4.90 Å². The summed E-state index contributed by atoms with van der Waals surface area (Å²) in [7, 11) is 0. The first-order valence-corrected chi connectivity index (χ1v) is 8.61. The molecule has 0 bridgehead atoms. The van der Waals surface area contributed by atoms with Gasteiger partial charge in [0.15, 0.2) is 0 Å². The molecule has 1 N–H and O–H groups in total. The molecule has 4 heteroatoms. The van der Waals surface area contributed by atoms with Gasteiger partial charge in [-0.2, -0.15) is 0 Å². The monoisotopic (exact) mass is 293 g/mol. The van der Waals surface area contributed by atoms with Gasteiger partial charge in [-0.15, -0.1) is 0 Å². The lowest BCUT2D eigenvalue weighted by Gasteiger charge is -2.45. The van der Waals surface area contributed by atoms with Crippen LogP contribution in [0.1, 0.15) is 58.3 Å². The van der Waals surface area contributed by atoms with Gasteiger partial charge in [-0.1, -0.05) is 19.8 Å². The predicted octanol–water partition coefficient (Wildman–Crippen LogP) is 2.91. The van der Waals surface area contributed by atoms with Crippen LogP contribution < -0.4 is 0 Å². The molecule has 1 aliphatic heterocycles. The standard InChI is InChI=1S/C17H27NO3/c1-11-9-13(14(10-11)17(20)21)16(19)18-8-4-6-12-5-2-3-7-15(12)18/h11-15H,2-10H2,1H3,(H,20,21)/t11?,12?,13-,14+,15?/m0/s1. The number of carboxylic acids is 1. The Balaban J connectivity index is 1.75. The van der Waals surface area contributed by atoms with Gasteiger partial charge in [-0.05, 0) is 50.4 Å². The number of carboxylic acid groups (broad SMARTS) is 1. The fourth-order valence-corrected chi connectivity index (χ4v) is 4.95. The molecular formula is C17H27NO3. The van der Waals surface area contributed by atoms with Crippen LogP contribution in [-0.4, -0.2) is 34.5 Å². The molecule has 1 heterocycles. The van der Waals surface area contributed by atoms with Crippen molar-refractivity contribution in [2.75, 3.05) is 6.54 Å². The number of aliphatic carboxylic acids is 1. The lowest BCUT2D eigenvalue weighted by atomic mass is 9.77. The Bertz CT molecular complexity index is 420. The van der Waals surface area contributed by atoms with E-state index in [1.807, 2.05) is 0 Å². The van der Waals surface area contributed by atoms with E-state index in [4.69, 9.17) is 0 Å². The number of likely N-dealkylation sites (tertiary alicyclic amines) is 1. The normalized spacial score (nSPS) is 39.9. The molecule has 2 aliphatic carbocycles. The fourth-order valence-electron chi connectivity index (χ4n) is 4.95. The van der Waals surface area contributed by atoms with Crippen LogP contribution >= 0.6 is 0 Å². The second kappa shape index (κ2) is 5.98.